The summed E-state index contributed by atoms with van der Waals surface area (Å²) in [6, 6.07) is -0.778. The van der Waals surface area contributed by atoms with E-state index in [1.165, 1.54) is 20.8 Å². The molecule has 0 rings (SSSR count). The molecule has 0 saturated carbocycles. The molecule has 0 aromatic carbocycles. The summed E-state index contributed by atoms with van der Waals surface area (Å²) in [5.41, 5.74) is 3.95. The van der Waals surface area contributed by atoms with E-state index < -0.39 is 23.4 Å². The largest absolute Gasteiger partial charge is 0.368 e. The predicted octanol–water partition coefficient (Wildman–Crippen LogP) is -1.20. The maximum atomic E-state index is 11.6. The lowest BCUT2D eigenvalue weighted by Crippen LogP contribution is -2.58. The van der Waals surface area contributed by atoms with Gasteiger partial charge in [-0.15, -0.1) is 0 Å². The van der Waals surface area contributed by atoms with E-state index in [2.05, 4.69) is 23.3 Å². The van der Waals surface area contributed by atoms with E-state index in [0.29, 0.717) is 0 Å². The van der Waals surface area contributed by atoms with Crippen LogP contribution in [0.4, 0.5) is 0 Å². The molecule has 6 nitrogen and oxygen atoms in total. The van der Waals surface area contributed by atoms with E-state index in [4.69, 9.17) is 5.73 Å². The van der Waals surface area contributed by atoms with Crippen molar-refractivity contribution in [1.82, 2.24) is 10.6 Å². The highest BCUT2D eigenvalue weighted by Crippen LogP contribution is 2.01. The lowest BCUT2D eigenvalue weighted by atomic mass is 10.0. The van der Waals surface area contributed by atoms with E-state index >= 15 is 0 Å². The van der Waals surface area contributed by atoms with Gasteiger partial charge in [-0.25, -0.2) is 0 Å². The van der Waals surface area contributed by atoms with Gasteiger partial charge in [-0.2, -0.15) is 12.6 Å². The van der Waals surface area contributed by atoms with Crippen LogP contribution in [0.15, 0.2) is 0 Å². The van der Waals surface area contributed by atoms with Crippen molar-refractivity contribution in [2.75, 3.05) is 5.75 Å². The van der Waals surface area contributed by atoms with Crippen molar-refractivity contribution in [3.63, 3.8) is 0 Å². The summed E-state index contributed by atoms with van der Waals surface area (Å²) in [4.78, 5) is 33.4. The molecule has 0 saturated heterocycles. The monoisotopic (exact) mass is 247 g/mol. The lowest BCUT2D eigenvalue weighted by molar-refractivity contribution is -0.132. The first kappa shape index (κ1) is 14.8. The van der Waals surface area contributed by atoms with E-state index in [0.717, 1.165) is 0 Å². The zero-order chi connectivity index (χ0) is 12.9. The second kappa shape index (κ2) is 5.74. The Balaban J connectivity index is 4.54. The standard InChI is InChI=1S/C9H17N3O3S/c1-5(13)11-6(4-16)7(14)12-9(2,3)8(10)15/h6,16H,4H2,1-3H3,(H2,10,15)(H,11,13)(H,12,14). The van der Waals surface area contributed by atoms with Crippen molar-refractivity contribution in [3.8, 4) is 0 Å². The number of rotatable bonds is 5. The summed E-state index contributed by atoms with van der Waals surface area (Å²) in [6.45, 7) is 4.26. The minimum atomic E-state index is -1.16. The first-order chi connectivity index (χ1) is 7.20. The zero-order valence-corrected chi connectivity index (χ0v) is 10.4. The van der Waals surface area contributed by atoms with E-state index in [9.17, 15) is 14.4 Å². The molecule has 1 atom stereocenters. The summed E-state index contributed by atoms with van der Waals surface area (Å²) in [5.74, 6) is -1.35. The SMILES string of the molecule is CC(=O)NC(CS)C(=O)NC(C)(C)C(N)=O. The number of nitrogens with two attached hydrogens (primary N) is 1. The van der Waals surface area contributed by atoms with E-state index in [1.807, 2.05) is 0 Å². The second-order valence-electron chi connectivity index (χ2n) is 3.91. The minimum Gasteiger partial charge on any atom is -0.368 e. The molecule has 0 spiro atoms. The molecule has 0 aliphatic carbocycles. The number of thiol groups is 1. The van der Waals surface area contributed by atoms with Gasteiger partial charge in [-0.1, -0.05) is 0 Å². The molecule has 0 aliphatic heterocycles. The Morgan fingerprint density at radius 1 is 1.38 bits per heavy atom. The molecule has 92 valence electrons. The minimum absolute atomic E-state index is 0.139. The molecule has 0 aromatic heterocycles. The van der Waals surface area contributed by atoms with Crippen LogP contribution in [0.2, 0.25) is 0 Å². The molecule has 0 fully saturated rings. The van der Waals surface area contributed by atoms with E-state index in [1.54, 1.807) is 0 Å². The fourth-order valence-electron chi connectivity index (χ4n) is 0.896. The fraction of sp³-hybridized carbons (Fsp3) is 0.667. The maximum absolute atomic E-state index is 11.6. The maximum Gasteiger partial charge on any atom is 0.244 e. The number of amides is 3. The highest BCUT2D eigenvalue weighted by Gasteiger charge is 2.30. The Hall–Kier alpha value is -1.24. The smallest absolute Gasteiger partial charge is 0.244 e. The molecule has 0 bridgehead atoms. The Labute approximate surface area is 99.7 Å². The quantitative estimate of drug-likeness (QED) is 0.459. The molecule has 16 heavy (non-hydrogen) atoms. The Morgan fingerprint density at radius 3 is 2.19 bits per heavy atom. The summed E-state index contributed by atoms with van der Waals surface area (Å²) in [5, 5.41) is 4.85. The van der Waals surface area contributed by atoms with Gasteiger partial charge in [0.05, 0.1) is 0 Å². The van der Waals surface area contributed by atoms with Gasteiger partial charge < -0.3 is 16.4 Å². The highest BCUT2D eigenvalue weighted by atomic mass is 32.1. The summed E-state index contributed by atoms with van der Waals surface area (Å²) in [6.07, 6.45) is 0. The molecular formula is C9H17N3O3S. The summed E-state index contributed by atoms with van der Waals surface area (Å²) >= 11 is 3.94. The highest BCUT2D eigenvalue weighted by molar-refractivity contribution is 7.80. The van der Waals surface area contributed by atoms with Crippen molar-refractivity contribution in [2.24, 2.45) is 5.73 Å². The van der Waals surface area contributed by atoms with Crippen LogP contribution in [0, 0.1) is 0 Å². The normalized spacial score (nSPS) is 12.8. The van der Waals surface area contributed by atoms with Crippen molar-refractivity contribution in [2.45, 2.75) is 32.4 Å². The van der Waals surface area contributed by atoms with Crippen molar-refractivity contribution in [1.29, 1.82) is 0 Å². The lowest BCUT2D eigenvalue weighted by Gasteiger charge is -2.25. The van der Waals surface area contributed by atoms with Crippen LogP contribution in [0.25, 0.3) is 0 Å². The number of carbonyl (C=O) groups is 3. The van der Waals surface area contributed by atoms with Gasteiger partial charge >= 0.3 is 0 Å². The van der Waals surface area contributed by atoms with Crippen molar-refractivity contribution < 1.29 is 14.4 Å². The number of hydrogen-bond donors (Lipinski definition) is 4. The van der Waals surface area contributed by atoms with Gasteiger partial charge in [0.25, 0.3) is 0 Å². The van der Waals surface area contributed by atoms with Gasteiger partial charge in [0.15, 0.2) is 0 Å². The summed E-state index contributed by atoms with van der Waals surface area (Å²) < 4.78 is 0. The molecule has 3 amide bonds. The number of primary amides is 1. The van der Waals surface area contributed by atoms with Crippen LogP contribution in [0.1, 0.15) is 20.8 Å². The molecule has 1 unspecified atom stereocenters. The van der Waals surface area contributed by atoms with Gasteiger partial charge in [0.2, 0.25) is 17.7 Å². The Kier molecular flexibility index (Phi) is 5.29. The molecular weight excluding hydrogens is 230 g/mol. The van der Waals surface area contributed by atoms with Crippen LogP contribution >= 0.6 is 12.6 Å². The third-order valence-corrected chi connectivity index (χ3v) is 2.29. The number of carbonyl (C=O) groups excluding carboxylic acids is 3. The first-order valence-corrected chi connectivity index (χ1v) is 5.34. The van der Waals surface area contributed by atoms with Gasteiger partial charge in [-0.3, -0.25) is 14.4 Å². The van der Waals surface area contributed by atoms with Crippen LogP contribution in [0.5, 0.6) is 0 Å². The molecule has 0 radical (unpaired) electrons. The first-order valence-electron chi connectivity index (χ1n) is 4.70. The molecule has 0 aliphatic rings. The van der Waals surface area contributed by atoms with Crippen molar-refractivity contribution >= 4 is 30.4 Å². The Morgan fingerprint density at radius 2 is 1.88 bits per heavy atom. The van der Waals surface area contributed by atoms with Crippen LogP contribution < -0.4 is 16.4 Å². The second-order valence-corrected chi connectivity index (χ2v) is 4.28. The van der Waals surface area contributed by atoms with Crippen LogP contribution in [-0.2, 0) is 14.4 Å². The third-order valence-electron chi connectivity index (χ3n) is 1.93. The molecule has 0 aromatic rings. The van der Waals surface area contributed by atoms with Crippen LogP contribution in [0.3, 0.4) is 0 Å². The third kappa shape index (κ3) is 4.52. The molecule has 0 heterocycles. The molecule has 7 heteroatoms. The van der Waals surface area contributed by atoms with Crippen LogP contribution in [-0.4, -0.2) is 35.1 Å². The van der Waals surface area contributed by atoms with E-state index in [-0.39, 0.29) is 11.7 Å². The number of nitrogens with one attached hydrogen (secondary N) is 2. The summed E-state index contributed by atoms with van der Waals surface area (Å²) in [7, 11) is 0. The van der Waals surface area contributed by atoms with Crippen molar-refractivity contribution in [3.05, 3.63) is 0 Å². The topological polar surface area (TPSA) is 101 Å². The predicted molar refractivity (Wildman–Crippen MR) is 62.9 cm³/mol. The Bertz CT molecular complexity index is 304. The molecule has 4 N–H and O–H groups in total. The van der Waals surface area contributed by atoms with Gasteiger partial charge in [0, 0.05) is 12.7 Å². The van der Waals surface area contributed by atoms with Gasteiger partial charge in [0.1, 0.15) is 11.6 Å². The average molecular weight is 247 g/mol. The number of hydrogen-bond acceptors (Lipinski definition) is 4. The zero-order valence-electron chi connectivity index (χ0n) is 9.53. The fourth-order valence-corrected chi connectivity index (χ4v) is 1.15. The average Bonchev–Trinajstić information content (AvgIpc) is 2.12. The van der Waals surface area contributed by atoms with Gasteiger partial charge in [-0.05, 0) is 13.8 Å².